The SMILES string of the molecule is CC1(C)COC2(CCC3=C4C(CCC3(O)C2)C2CC[C@@](O)(C(F)(F)C(F)(F)F)[C@@]2(C)C[C@@H]4c2ccc(C=Cc3cccnc3)cc2)OC1. The van der Waals surface area contributed by atoms with E-state index < -0.39 is 52.8 Å². The summed E-state index contributed by atoms with van der Waals surface area (Å²) in [5.41, 5.74) is -2.05. The molecular weight excluding hydrogens is 629 g/mol. The maximum atomic E-state index is 15.4. The fourth-order valence-electron chi connectivity index (χ4n) is 9.81. The molecule has 48 heavy (non-hydrogen) atoms. The van der Waals surface area contributed by atoms with E-state index >= 15 is 8.78 Å². The molecule has 2 aromatic rings. The third-order valence-corrected chi connectivity index (χ3v) is 12.4. The standard InChI is InChI=1S/C38H44F5NO4/c1-32(2)22-47-35(48-23-32)16-13-30-31-27(12-15-34(30,45)21-35)29-14-17-36(46,37(39,40)38(41,42)43)33(29,3)19-28(31)26-10-8-24(9-11-26)6-7-25-5-4-18-44-20-25/h4-11,18,20,27-29,45-46H,12-17,19,21-23H2,1-3H3/t27?,28-,29?,33+,34?,36+/m1/s1. The van der Waals surface area contributed by atoms with Gasteiger partial charge in [0.25, 0.3) is 0 Å². The highest BCUT2D eigenvalue weighted by Gasteiger charge is 2.79. The first-order valence-electron chi connectivity index (χ1n) is 17.0. The second kappa shape index (κ2) is 11.2. The summed E-state index contributed by atoms with van der Waals surface area (Å²) in [5, 5.41) is 24.0. The Hall–Kier alpha value is -2.66. The van der Waals surface area contributed by atoms with Gasteiger partial charge in [0.05, 0.1) is 18.8 Å². The Morgan fingerprint density at radius 3 is 2.21 bits per heavy atom. The van der Waals surface area contributed by atoms with E-state index in [2.05, 4.69) is 18.8 Å². The summed E-state index contributed by atoms with van der Waals surface area (Å²) in [6, 6.07) is 11.4. The number of aromatic nitrogens is 1. The summed E-state index contributed by atoms with van der Waals surface area (Å²) in [4.78, 5) is 4.12. The highest BCUT2D eigenvalue weighted by atomic mass is 19.4. The van der Waals surface area contributed by atoms with Gasteiger partial charge in [0.15, 0.2) is 5.79 Å². The number of halogens is 5. The first-order valence-corrected chi connectivity index (χ1v) is 17.0. The summed E-state index contributed by atoms with van der Waals surface area (Å²) in [5.74, 6) is -7.72. The van der Waals surface area contributed by atoms with Gasteiger partial charge in [-0.25, -0.2) is 0 Å². The van der Waals surface area contributed by atoms with Crippen LogP contribution < -0.4 is 0 Å². The predicted molar refractivity (Wildman–Crippen MR) is 171 cm³/mol. The van der Waals surface area contributed by atoms with Crippen LogP contribution in [0.4, 0.5) is 22.0 Å². The van der Waals surface area contributed by atoms with Gasteiger partial charge in [0, 0.05) is 42.0 Å². The fourth-order valence-corrected chi connectivity index (χ4v) is 9.81. The number of hydrogen-bond donors (Lipinski definition) is 2. The maximum Gasteiger partial charge on any atom is 0.456 e. The minimum atomic E-state index is -5.89. The molecule has 1 spiro atoms. The average Bonchev–Trinajstić information content (AvgIpc) is 3.32. The fraction of sp³-hybridized carbons (Fsp3) is 0.605. The van der Waals surface area contributed by atoms with E-state index in [-0.39, 0.29) is 30.6 Å². The van der Waals surface area contributed by atoms with Crippen LogP contribution in [-0.2, 0) is 9.47 Å². The number of hydrogen-bond acceptors (Lipinski definition) is 5. The molecule has 1 aromatic heterocycles. The number of alkyl halides is 5. The topological polar surface area (TPSA) is 71.8 Å². The number of nitrogens with zero attached hydrogens (tertiary/aromatic N) is 1. The van der Waals surface area contributed by atoms with E-state index in [4.69, 9.17) is 9.47 Å². The zero-order chi connectivity index (χ0) is 34.4. The zero-order valence-corrected chi connectivity index (χ0v) is 27.6. The molecule has 6 atom stereocenters. The molecule has 5 aliphatic rings. The van der Waals surface area contributed by atoms with Gasteiger partial charge in [-0.3, -0.25) is 4.98 Å². The monoisotopic (exact) mass is 673 g/mol. The Morgan fingerprint density at radius 1 is 0.875 bits per heavy atom. The number of benzene rings is 1. The maximum absolute atomic E-state index is 15.4. The molecule has 0 amide bonds. The van der Waals surface area contributed by atoms with Crippen molar-refractivity contribution in [2.24, 2.45) is 22.7 Å². The summed E-state index contributed by atoms with van der Waals surface area (Å²) in [6.07, 6.45) is 2.64. The molecule has 1 aromatic carbocycles. The number of ether oxygens (including phenoxy) is 2. The lowest BCUT2D eigenvalue weighted by Gasteiger charge is -2.59. The normalized spacial score (nSPS) is 36.2. The lowest BCUT2D eigenvalue weighted by Crippen LogP contribution is -2.65. The number of allylic oxidation sites excluding steroid dienone is 1. The smallest absolute Gasteiger partial charge is 0.385 e. The summed E-state index contributed by atoms with van der Waals surface area (Å²) in [7, 11) is 0. The molecule has 4 aliphatic carbocycles. The van der Waals surface area contributed by atoms with Crippen LogP contribution in [0, 0.1) is 22.7 Å². The first-order chi connectivity index (χ1) is 22.4. The van der Waals surface area contributed by atoms with Crippen molar-refractivity contribution in [3.8, 4) is 0 Å². The summed E-state index contributed by atoms with van der Waals surface area (Å²) >= 11 is 0. The van der Waals surface area contributed by atoms with Crippen molar-refractivity contribution >= 4 is 12.2 Å². The lowest BCUT2D eigenvalue weighted by atomic mass is 9.49. The van der Waals surface area contributed by atoms with E-state index in [1.54, 1.807) is 12.4 Å². The summed E-state index contributed by atoms with van der Waals surface area (Å²) in [6.45, 7) is 6.55. The lowest BCUT2D eigenvalue weighted by molar-refractivity contribution is -0.362. The van der Waals surface area contributed by atoms with Crippen molar-refractivity contribution in [1.29, 1.82) is 0 Å². The van der Waals surface area contributed by atoms with Gasteiger partial charge in [-0.05, 0) is 78.7 Å². The van der Waals surface area contributed by atoms with Crippen LogP contribution in [0.3, 0.4) is 0 Å². The van der Waals surface area contributed by atoms with Crippen molar-refractivity contribution < 1.29 is 41.6 Å². The minimum absolute atomic E-state index is 0.0502. The molecule has 4 fully saturated rings. The predicted octanol–water partition coefficient (Wildman–Crippen LogP) is 8.48. The van der Waals surface area contributed by atoms with Gasteiger partial charge >= 0.3 is 12.1 Å². The molecule has 3 unspecified atom stereocenters. The van der Waals surface area contributed by atoms with Gasteiger partial charge in [-0.1, -0.05) is 68.8 Å². The molecule has 7 rings (SSSR count). The number of fused-ring (bicyclic) bond motifs is 4. The number of aliphatic hydroxyl groups is 2. The molecule has 1 aliphatic heterocycles. The quantitative estimate of drug-likeness (QED) is 0.252. The van der Waals surface area contributed by atoms with Crippen LogP contribution in [0.5, 0.6) is 0 Å². The van der Waals surface area contributed by atoms with Crippen LogP contribution in [0.15, 0.2) is 59.9 Å². The van der Waals surface area contributed by atoms with Crippen molar-refractivity contribution in [2.45, 2.75) is 107 Å². The molecule has 5 nitrogen and oxygen atoms in total. The molecule has 3 saturated carbocycles. The Bertz CT molecular complexity index is 1590. The van der Waals surface area contributed by atoms with Crippen molar-refractivity contribution in [2.75, 3.05) is 13.2 Å². The minimum Gasteiger partial charge on any atom is -0.385 e. The molecule has 260 valence electrons. The second-order valence-electron chi connectivity index (χ2n) is 16.0. The zero-order valence-electron chi connectivity index (χ0n) is 27.6. The molecule has 1 saturated heterocycles. The summed E-state index contributed by atoms with van der Waals surface area (Å²) < 4.78 is 85.2. The third kappa shape index (κ3) is 5.19. The Labute approximate surface area is 278 Å². The number of pyridine rings is 1. The van der Waals surface area contributed by atoms with Crippen LogP contribution in [0.25, 0.3) is 12.2 Å². The van der Waals surface area contributed by atoms with Crippen molar-refractivity contribution in [3.63, 3.8) is 0 Å². The largest absolute Gasteiger partial charge is 0.456 e. The Morgan fingerprint density at radius 2 is 1.56 bits per heavy atom. The van der Waals surface area contributed by atoms with Gasteiger partial charge in [0.1, 0.15) is 5.60 Å². The molecule has 2 N–H and O–H groups in total. The second-order valence-corrected chi connectivity index (χ2v) is 16.0. The van der Waals surface area contributed by atoms with Crippen LogP contribution >= 0.6 is 0 Å². The molecule has 0 radical (unpaired) electrons. The van der Waals surface area contributed by atoms with E-state index in [1.165, 1.54) is 6.92 Å². The molecular formula is C38H44F5NO4. The molecule has 0 bridgehead atoms. The van der Waals surface area contributed by atoms with Crippen molar-refractivity contribution in [1.82, 2.24) is 4.98 Å². The Kier molecular flexibility index (Phi) is 7.87. The Balaban J connectivity index is 1.30. The third-order valence-electron chi connectivity index (χ3n) is 12.4. The van der Waals surface area contributed by atoms with Gasteiger partial charge < -0.3 is 19.7 Å². The van der Waals surface area contributed by atoms with E-state index in [1.807, 2.05) is 48.6 Å². The molecule has 10 heteroatoms. The number of rotatable bonds is 4. The van der Waals surface area contributed by atoms with Crippen molar-refractivity contribution in [3.05, 3.63) is 76.6 Å². The molecule has 2 heterocycles. The van der Waals surface area contributed by atoms with E-state index in [0.717, 1.165) is 27.8 Å². The van der Waals surface area contributed by atoms with Crippen LogP contribution in [0.2, 0.25) is 0 Å². The van der Waals surface area contributed by atoms with Gasteiger partial charge in [-0.2, -0.15) is 22.0 Å². The average molecular weight is 674 g/mol. The highest BCUT2D eigenvalue weighted by Crippen LogP contribution is 2.71. The van der Waals surface area contributed by atoms with Gasteiger partial charge in [0.2, 0.25) is 0 Å². The van der Waals surface area contributed by atoms with Crippen LogP contribution in [0.1, 0.15) is 94.7 Å². The highest BCUT2D eigenvalue weighted by molar-refractivity contribution is 5.69. The van der Waals surface area contributed by atoms with Crippen LogP contribution in [-0.4, -0.2) is 57.5 Å². The van der Waals surface area contributed by atoms with E-state index in [0.29, 0.717) is 38.9 Å². The van der Waals surface area contributed by atoms with E-state index in [9.17, 15) is 23.4 Å². The first kappa shape index (κ1) is 33.8. The van der Waals surface area contributed by atoms with Gasteiger partial charge in [-0.15, -0.1) is 0 Å².